The summed E-state index contributed by atoms with van der Waals surface area (Å²) in [6.45, 7) is 5.32. The molecule has 0 bridgehead atoms. The first kappa shape index (κ1) is 23.3. The number of aliphatic hydroxyl groups excluding tert-OH is 1. The number of nitrogens with zero attached hydrogens (tertiary/aromatic N) is 3. The number of rotatable bonds is 9. The summed E-state index contributed by atoms with van der Waals surface area (Å²) in [6, 6.07) is 10.4. The molecular formula is C28H39N5O. The Balaban J connectivity index is 1.44. The first-order valence-electron chi connectivity index (χ1n) is 13.3. The predicted octanol–water partition coefficient (Wildman–Crippen LogP) is 5.82. The molecule has 34 heavy (non-hydrogen) atoms. The number of aliphatic hydroxyl groups is 1. The van der Waals surface area contributed by atoms with Crippen LogP contribution in [0.4, 0.5) is 5.95 Å². The maximum Gasteiger partial charge on any atom is 0.224 e. The molecule has 1 atom stereocenters. The van der Waals surface area contributed by atoms with Gasteiger partial charge in [0, 0.05) is 48.0 Å². The summed E-state index contributed by atoms with van der Waals surface area (Å²) in [7, 11) is 0. The van der Waals surface area contributed by atoms with E-state index in [1.54, 1.807) is 0 Å². The molecule has 182 valence electrons. The van der Waals surface area contributed by atoms with Crippen molar-refractivity contribution in [1.29, 1.82) is 0 Å². The average Bonchev–Trinajstić information content (AvgIpc) is 3.18. The minimum absolute atomic E-state index is 0.166. The van der Waals surface area contributed by atoms with Crippen molar-refractivity contribution in [1.82, 2.24) is 19.9 Å². The van der Waals surface area contributed by atoms with Gasteiger partial charge in [-0.25, -0.2) is 4.98 Å². The molecule has 5 rings (SSSR count). The molecule has 0 spiro atoms. The number of benzene rings is 1. The van der Waals surface area contributed by atoms with Gasteiger partial charge < -0.3 is 20.3 Å². The Hall–Kier alpha value is -2.44. The highest BCUT2D eigenvalue weighted by Gasteiger charge is 2.24. The van der Waals surface area contributed by atoms with Gasteiger partial charge in [-0.15, -0.1) is 0 Å². The number of fused-ring (bicyclic) bond motifs is 1. The highest BCUT2D eigenvalue weighted by molar-refractivity contribution is 5.94. The predicted molar refractivity (Wildman–Crippen MR) is 139 cm³/mol. The van der Waals surface area contributed by atoms with Crippen LogP contribution in [-0.4, -0.2) is 37.8 Å². The molecule has 1 aromatic carbocycles. The van der Waals surface area contributed by atoms with Crippen molar-refractivity contribution < 1.29 is 5.11 Å². The largest absolute Gasteiger partial charge is 0.393 e. The SMILES string of the molecule is CCCC(C)Nc1ncc2c(-c3ccc(CNC4CCC4)cc3)cn([C@H]3CC[C@H](O)CC3)c2n1. The molecule has 2 saturated carbocycles. The van der Waals surface area contributed by atoms with E-state index in [0.717, 1.165) is 56.1 Å². The molecule has 2 aliphatic rings. The number of aromatic nitrogens is 3. The zero-order valence-electron chi connectivity index (χ0n) is 20.6. The van der Waals surface area contributed by atoms with E-state index in [9.17, 15) is 5.11 Å². The third-order valence-electron chi connectivity index (χ3n) is 7.69. The Morgan fingerprint density at radius 3 is 2.53 bits per heavy atom. The monoisotopic (exact) mass is 461 g/mol. The minimum atomic E-state index is -0.166. The molecule has 6 nitrogen and oxygen atoms in total. The highest BCUT2D eigenvalue weighted by atomic mass is 16.3. The van der Waals surface area contributed by atoms with Gasteiger partial charge in [0.25, 0.3) is 0 Å². The third kappa shape index (κ3) is 5.13. The van der Waals surface area contributed by atoms with E-state index in [0.29, 0.717) is 24.1 Å². The Morgan fingerprint density at radius 1 is 1.09 bits per heavy atom. The molecule has 3 N–H and O–H groups in total. The Morgan fingerprint density at radius 2 is 1.85 bits per heavy atom. The van der Waals surface area contributed by atoms with Crippen LogP contribution in [0.15, 0.2) is 36.7 Å². The van der Waals surface area contributed by atoms with Crippen molar-refractivity contribution in [3.05, 3.63) is 42.2 Å². The average molecular weight is 462 g/mol. The van der Waals surface area contributed by atoms with Crippen LogP contribution in [0.3, 0.4) is 0 Å². The fourth-order valence-electron chi connectivity index (χ4n) is 5.35. The second-order valence-corrected chi connectivity index (χ2v) is 10.4. The molecule has 0 amide bonds. The zero-order chi connectivity index (χ0) is 23.5. The van der Waals surface area contributed by atoms with Gasteiger partial charge in [0.1, 0.15) is 5.65 Å². The number of nitrogens with one attached hydrogen (secondary N) is 2. The zero-order valence-corrected chi connectivity index (χ0v) is 20.6. The molecule has 6 heteroatoms. The maximum absolute atomic E-state index is 10.0. The topological polar surface area (TPSA) is 75.0 Å². The summed E-state index contributed by atoms with van der Waals surface area (Å²) in [6.07, 6.45) is 14.0. The van der Waals surface area contributed by atoms with E-state index >= 15 is 0 Å². The second-order valence-electron chi connectivity index (χ2n) is 10.4. The number of anilines is 1. The van der Waals surface area contributed by atoms with Crippen LogP contribution in [-0.2, 0) is 6.54 Å². The van der Waals surface area contributed by atoms with Crippen molar-refractivity contribution in [2.75, 3.05) is 5.32 Å². The van der Waals surface area contributed by atoms with Crippen LogP contribution in [0.5, 0.6) is 0 Å². The van der Waals surface area contributed by atoms with Gasteiger partial charge in [-0.3, -0.25) is 0 Å². The van der Waals surface area contributed by atoms with Crippen molar-refractivity contribution in [3.63, 3.8) is 0 Å². The standard InChI is InChI=1S/C28H39N5O/c1-3-5-19(2)31-28-30-17-25-26(18-33(27(25)32-28)23-12-14-24(34)15-13-23)21-10-8-20(9-11-21)16-29-22-6-4-7-22/h8-11,17-19,22-24,29,34H,3-7,12-16H2,1-2H3,(H,30,31,32)/t19?,23-,24-. The van der Waals surface area contributed by atoms with Crippen LogP contribution < -0.4 is 10.6 Å². The summed E-state index contributed by atoms with van der Waals surface area (Å²) in [5.74, 6) is 0.701. The van der Waals surface area contributed by atoms with E-state index in [2.05, 4.69) is 64.5 Å². The first-order valence-corrected chi connectivity index (χ1v) is 13.3. The van der Waals surface area contributed by atoms with E-state index in [1.165, 1.54) is 36.0 Å². The van der Waals surface area contributed by atoms with Crippen LogP contribution in [0.2, 0.25) is 0 Å². The van der Waals surface area contributed by atoms with Gasteiger partial charge in [0.2, 0.25) is 5.95 Å². The lowest BCUT2D eigenvalue weighted by molar-refractivity contribution is 0.111. The highest BCUT2D eigenvalue weighted by Crippen LogP contribution is 2.36. The normalized spacial score (nSPS) is 22.0. The molecule has 1 unspecified atom stereocenters. The van der Waals surface area contributed by atoms with Crippen molar-refractivity contribution >= 4 is 17.0 Å². The van der Waals surface area contributed by atoms with Crippen LogP contribution in [0.1, 0.15) is 83.2 Å². The molecule has 0 saturated heterocycles. The van der Waals surface area contributed by atoms with E-state index in [4.69, 9.17) is 4.98 Å². The second kappa shape index (κ2) is 10.4. The van der Waals surface area contributed by atoms with Crippen molar-refractivity contribution in [2.45, 2.75) is 102 Å². The first-order chi connectivity index (χ1) is 16.6. The van der Waals surface area contributed by atoms with Crippen molar-refractivity contribution in [2.24, 2.45) is 0 Å². The smallest absolute Gasteiger partial charge is 0.224 e. The summed E-state index contributed by atoms with van der Waals surface area (Å²) in [4.78, 5) is 9.67. The van der Waals surface area contributed by atoms with Gasteiger partial charge in [-0.2, -0.15) is 4.98 Å². The number of hydrogen-bond donors (Lipinski definition) is 3. The van der Waals surface area contributed by atoms with Crippen LogP contribution >= 0.6 is 0 Å². The molecule has 0 radical (unpaired) electrons. The van der Waals surface area contributed by atoms with Gasteiger partial charge in [0.15, 0.2) is 0 Å². The Bertz CT molecular complexity index is 1080. The molecule has 2 aromatic heterocycles. The van der Waals surface area contributed by atoms with Crippen molar-refractivity contribution in [3.8, 4) is 11.1 Å². The summed E-state index contributed by atoms with van der Waals surface area (Å²) < 4.78 is 2.35. The summed E-state index contributed by atoms with van der Waals surface area (Å²) in [5.41, 5.74) is 4.71. The van der Waals surface area contributed by atoms with E-state index in [-0.39, 0.29) is 6.10 Å². The fraction of sp³-hybridized carbons (Fsp3) is 0.571. The Labute approximate surface area is 203 Å². The molecular weight excluding hydrogens is 422 g/mol. The summed E-state index contributed by atoms with van der Waals surface area (Å²) >= 11 is 0. The lowest BCUT2D eigenvalue weighted by Crippen LogP contribution is -2.34. The maximum atomic E-state index is 10.0. The van der Waals surface area contributed by atoms with E-state index < -0.39 is 0 Å². The quantitative estimate of drug-likeness (QED) is 0.375. The van der Waals surface area contributed by atoms with Gasteiger partial charge in [0.05, 0.1) is 6.10 Å². The van der Waals surface area contributed by atoms with Gasteiger partial charge in [-0.1, -0.05) is 44.0 Å². The van der Waals surface area contributed by atoms with E-state index in [1.807, 2.05) is 6.20 Å². The Kier molecular flexibility index (Phi) is 7.16. The third-order valence-corrected chi connectivity index (χ3v) is 7.69. The fourth-order valence-corrected chi connectivity index (χ4v) is 5.35. The van der Waals surface area contributed by atoms with Gasteiger partial charge in [-0.05, 0) is 63.0 Å². The number of hydrogen-bond acceptors (Lipinski definition) is 5. The molecule has 2 aliphatic carbocycles. The minimum Gasteiger partial charge on any atom is -0.393 e. The molecule has 2 fully saturated rings. The summed E-state index contributed by atoms with van der Waals surface area (Å²) in [5, 5.41) is 18.3. The van der Waals surface area contributed by atoms with Gasteiger partial charge >= 0.3 is 0 Å². The van der Waals surface area contributed by atoms with Crippen LogP contribution in [0, 0.1) is 0 Å². The molecule has 0 aliphatic heterocycles. The lowest BCUT2D eigenvalue weighted by atomic mass is 9.93. The molecule has 2 heterocycles. The lowest BCUT2D eigenvalue weighted by Gasteiger charge is -2.27. The van der Waals surface area contributed by atoms with Crippen LogP contribution in [0.25, 0.3) is 22.2 Å². The molecule has 3 aromatic rings.